The number of pyridine rings is 1. The summed E-state index contributed by atoms with van der Waals surface area (Å²) in [5, 5.41) is 12.6. The lowest BCUT2D eigenvalue weighted by atomic mass is 9.80. The number of urea groups is 1. The van der Waals surface area contributed by atoms with Crippen LogP contribution in [-0.4, -0.2) is 67.1 Å². The zero-order valence-electron chi connectivity index (χ0n) is 14.4. The maximum Gasteiger partial charge on any atom is 0.317 e. The van der Waals surface area contributed by atoms with Gasteiger partial charge in [0, 0.05) is 38.4 Å². The highest BCUT2D eigenvalue weighted by atomic mass is 16.5. The Balaban J connectivity index is 1.76. The molecule has 0 aromatic carbocycles. The fraction of sp³-hybridized carbons (Fsp3) is 0.647. The average molecular weight is 337 g/mol. The molecule has 0 radical (unpaired) electrons. The van der Waals surface area contributed by atoms with Gasteiger partial charge in [-0.15, -0.1) is 0 Å². The summed E-state index contributed by atoms with van der Waals surface area (Å²) < 4.78 is 11.0. The van der Waals surface area contributed by atoms with Gasteiger partial charge in [-0.1, -0.05) is 0 Å². The van der Waals surface area contributed by atoms with Crippen LogP contribution in [0.25, 0.3) is 0 Å². The van der Waals surface area contributed by atoms with Gasteiger partial charge in [0.1, 0.15) is 11.9 Å². The summed E-state index contributed by atoms with van der Waals surface area (Å²) in [6.07, 6.45) is 4.69. The van der Waals surface area contributed by atoms with Gasteiger partial charge < -0.3 is 24.8 Å². The fourth-order valence-electron chi connectivity index (χ4n) is 2.80. The smallest absolute Gasteiger partial charge is 0.317 e. The Morgan fingerprint density at radius 3 is 2.92 bits per heavy atom. The number of hydrogen-bond donors (Lipinski definition) is 2. The molecule has 24 heavy (non-hydrogen) atoms. The molecule has 1 aromatic heterocycles. The molecular formula is C17H27N3O4. The lowest BCUT2D eigenvalue weighted by Crippen LogP contribution is -2.48. The first-order valence-corrected chi connectivity index (χ1v) is 8.29. The summed E-state index contributed by atoms with van der Waals surface area (Å²) in [7, 11) is 1.74. The van der Waals surface area contributed by atoms with Crippen LogP contribution in [0.2, 0.25) is 0 Å². The highest BCUT2D eigenvalue weighted by Gasteiger charge is 2.34. The number of aliphatic hydroxyl groups is 1. The van der Waals surface area contributed by atoms with Gasteiger partial charge in [0.2, 0.25) is 0 Å². The Bertz CT molecular complexity index is 506. The van der Waals surface area contributed by atoms with E-state index in [9.17, 15) is 9.90 Å². The van der Waals surface area contributed by atoms with Crippen molar-refractivity contribution in [2.24, 2.45) is 5.41 Å². The zero-order valence-corrected chi connectivity index (χ0v) is 14.4. The summed E-state index contributed by atoms with van der Waals surface area (Å²) in [4.78, 5) is 17.9. The van der Waals surface area contributed by atoms with Gasteiger partial charge in [-0.05, 0) is 31.9 Å². The number of carbonyl (C=O) groups is 1. The van der Waals surface area contributed by atoms with Crippen molar-refractivity contribution in [3.8, 4) is 5.75 Å². The van der Waals surface area contributed by atoms with E-state index in [1.54, 1.807) is 30.4 Å². The Kier molecular flexibility index (Phi) is 6.81. The molecule has 1 atom stereocenters. The van der Waals surface area contributed by atoms with E-state index >= 15 is 0 Å². The van der Waals surface area contributed by atoms with Crippen molar-refractivity contribution in [1.82, 2.24) is 15.2 Å². The highest BCUT2D eigenvalue weighted by Crippen LogP contribution is 2.30. The Morgan fingerprint density at radius 1 is 1.54 bits per heavy atom. The summed E-state index contributed by atoms with van der Waals surface area (Å²) >= 11 is 0. The van der Waals surface area contributed by atoms with E-state index in [1.807, 2.05) is 13.0 Å². The van der Waals surface area contributed by atoms with Crippen LogP contribution in [0.3, 0.4) is 0 Å². The zero-order chi connectivity index (χ0) is 17.4. The largest absolute Gasteiger partial charge is 0.487 e. The third-order valence-corrected chi connectivity index (χ3v) is 4.32. The number of aromatic nitrogens is 1. The minimum absolute atomic E-state index is 0.0640. The average Bonchev–Trinajstić information content (AvgIpc) is 2.61. The molecule has 7 heteroatoms. The molecule has 0 spiro atoms. The maximum absolute atomic E-state index is 12.3. The monoisotopic (exact) mass is 337 g/mol. The number of nitrogens with one attached hydrogen (secondary N) is 1. The highest BCUT2D eigenvalue weighted by molar-refractivity contribution is 5.73. The van der Waals surface area contributed by atoms with Gasteiger partial charge in [0.15, 0.2) is 0 Å². The first-order chi connectivity index (χ1) is 11.5. The van der Waals surface area contributed by atoms with Crippen LogP contribution in [0, 0.1) is 5.41 Å². The number of amides is 2. The normalized spacial score (nSPS) is 17.8. The van der Waals surface area contributed by atoms with Crippen LogP contribution in [0.15, 0.2) is 24.5 Å². The molecule has 1 saturated heterocycles. The molecule has 2 rings (SSSR count). The first-order valence-electron chi connectivity index (χ1n) is 8.29. The summed E-state index contributed by atoms with van der Waals surface area (Å²) in [5.74, 6) is 0.675. The Morgan fingerprint density at radius 2 is 2.29 bits per heavy atom. The predicted molar refractivity (Wildman–Crippen MR) is 89.9 cm³/mol. The molecule has 0 saturated carbocycles. The van der Waals surface area contributed by atoms with Gasteiger partial charge >= 0.3 is 6.03 Å². The number of hydrogen-bond acceptors (Lipinski definition) is 5. The van der Waals surface area contributed by atoms with E-state index in [-0.39, 0.29) is 24.2 Å². The SMILES string of the molecule is C[C@H](CNC(=O)N(C)CC1(CO)CCOCC1)Oc1cccnc1. The number of aliphatic hydroxyl groups excluding tert-OH is 1. The molecule has 2 amide bonds. The third kappa shape index (κ3) is 5.35. The van der Waals surface area contributed by atoms with E-state index in [0.717, 1.165) is 12.8 Å². The van der Waals surface area contributed by atoms with Crippen molar-refractivity contribution < 1.29 is 19.4 Å². The van der Waals surface area contributed by atoms with E-state index in [2.05, 4.69) is 10.3 Å². The molecule has 2 N–H and O–H groups in total. The Labute approximate surface area is 143 Å². The summed E-state index contributed by atoms with van der Waals surface area (Å²) in [6.45, 7) is 4.12. The van der Waals surface area contributed by atoms with Crippen molar-refractivity contribution in [2.45, 2.75) is 25.9 Å². The summed E-state index contributed by atoms with van der Waals surface area (Å²) in [6, 6.07) is 3.46. The third-order valence-electron chi connectivity index (χ3n) is 4.32. The molecule has 1 aliphatic rings. The molecule has 1 fully saturated rings. The van der Waals surface area contributed by atoms with Crippen LogP contribution < -0.4 is 10.1 Å². The van der Waals surface area contributed by atoms with E-state index < -0.39 is 0 Å². The minimum Gasteiger partial charge on any atom is -0.487 e. The molecular weight excluding hydrogens is 310 g/mol. The molecule has 1 aliphatic heterocycles. The second-order valence-electron chi connectivity index (χ2n) is 6.43. The first kappa shape index (κ1) is 18.5. The molecule has 0 aliphatic carbocycles. The van der Waals surface area contributed by atoms with Gasteiger partial charge in [0.25, 0.3) is 0 Å². The molecule has 0 bridgehead atoms. The van der Waals surface area contributed by atoms with Crippen molar-refractivity contribution in [3.63, 3.8) is 0 Å². The quantitative estimate of drug-likeness (QED) is 0.783. The molecule has 0 unspecified atom stereocenters. The number of ether oxygens (including phenoxy) is 2. The molecule has 2 heterocycles. The van der Waals surface area contributed by atoms with Crippen LogP contribution in [0.4, 0.5) is 4.79 Å². The number of rotatable bonds is 7. The van der Waals surface area contributed by atoms with Crippen molar-refractivity contribution >= 4 is 6.03 Å². The molecule has 1 aromatic rings. The van der Waals surface area contributed by atoms with E-state index in [4.69, 9.17) is 9.47 Å². The van der Waals surface area contributed by atoms with Gasteiger partial charge in [-0.25, -0.2) is 4.79 Å². The number of carbonyl (C=O) groups excluding carboxylic acids is 1. The second kappa shape index (κ2) is 8.84. The Hall–Kier alpha value is -1.86. The van der Waals surface area contributed by atoms with Crippen LogP contribution in [-0.2, 0) is 4.74 Å². The van der Waals surface area contributed by atoms with Gasteiger partial charge in [-0.2, -0.15) is 0 Å². The van der Waals surface area contributed by atoms with Crippen LogP contribution in [0.1, 0.15) is 19.8 Å². The summed E-state index contributed by atoms with van der Waals surface area (Å²) in [5.41, 5.74) is -0.262. The molecule has 7 nitrogen and oxygen atoms in total. The predicted octanol–water partition coefficient (Wildman–Crippen LogP) is 1.28. The van der Waals surface area contributed by atoms with Crippen LogP contribution in [0.5, 0.6) is 5.75 Å². The van der Waals surface area contributed by atoms with Gasteiger partial charge in [-0.3, -0.25) is 4.98 Å². The second-order valence-corrected chi connectivity index (χ2v) is 6.43. The van der Waals surface area contributed by atoms with Crippen molar-refractivity contribution in [1.29, 1.82) is 0 Å². The van der Waals surface area contributed by atoms with Crippen molar-refractivity contribution in [2.75, 3.05) is 40.0 Å². The fourth-order valence-corrected chi connectivity index (χ4v) is 2.80. The van der Waals surface area contributed by atoms with E-state index in [0.29, 0.717) is 32.1 Å². The lowest BCUT2D eigenvalue weighted by molar-refractivity contribution is -0.0261. The molecule has 134 valence electrons. The maximum atomic E-state index is 12.3. The lowest BCUT2D eigenvalue weighted by Gasteiger charge is -2.38. The topological polar surface area (TPSA) is 83.9 Å². The van der Waals surface area contributed by atoms with E-state index in [1.165, 1.54) is 0 Å². The standard InChI is InChI=1S/C17H27N3O4/c1-14(24-15-4-3-7-18-11-15)10-19-16(22)20(2)12-17(13-21)5-8-23-9-6-17/h3-4,7,11,14,21H,5-6,8-10,12-13H2,1-2H3,(H,19,22)/t14-/m1/s1. The minimum atomic E-state index is -0.262. The van der Waals surface area contributed by atoms with Crippen molar-refractivity contribution in [3.05, 3.63) is 24.5 Å². The van der Waals surface area contributed by atoms with Crippen LogP contribution >= 0.6 is 0 Å². The number of nitrogens with zero attached hydrogens (tertiary/aromatic N) is 2. The van der Waals surface area contributed by atoms with Gasteiger partial charge in [0.05, 0.1) is 19.3 Å².